The van der Waals surface area contributed by atoms with Gasteiger partial charge in [-0.2, -0.15) is 0 Å². The first-order valence-corrected chi connectivity index (χ1v) is 9.73. The summed E-state index contributed by atoms with van der Waals surface area (Å²) in [6, 6.07) is 10.7. The Bertz CT molecular complexity index is 618. The molecule has 1 aliphatic carbocycles. The number of nitrogens with two attached hydrogens (primary N) is 1. The molecule has 26 heavy (non-hydrogen) atoms. The number of benzene rings is 1. The lowest BCUT2D eigenvalue weighted by Crippen LogP contribution is -2.50. The molecule has 0 radical (unpaired) electrons. The Morgan fingerprint density at radius 2 is 1.96 bits per heavy atom. The summed E-state index contributed by atoms with van der Waals surface area (Å²) in [7, 11) is 0. The molecular weight excluding hydrogens is 326 g/mol. The van der Waals surface area contributed by atoms with Crippen LogP contribution in [0.2, 0.25) is 0 Å². The molecule has 1 aliphatic heterocycles. The molecule has 0 aromatic heterocycles. The van der Waals surface area contributed by atoms with E-state index in [2.05, 4.69) is 47.9 Å². The molecule has 3 rings (SSSR count). The van der Waals surface area contributed by atoms with Crippen molar-refractivity contribution in [2.45, 2.75) is 45.1 Å². The van der Waals surface area contributed by atoms with Gasteiger partial charge in [-0.05, 0) is 50.0 Å². The highest BCUT2D eigenvalue weighted by molar-refractivity contribution is 5.80. The first kappa shape index (κ1) is 18.5. The number of rotatable bonds is 6. The van der Waals surface area contributed by atoms with Gasteiger partial charge in [0.25, 0.3) is 0 Å². The van der Waals surface area contributed by atoms with Crippen molar-refractivity contribution < 1.29 is 4.79 Å². The Morgan fingerprint density at radius 3 is 2.54 bits per heavy atom. The quantitative estimate of drug-likeness (QED) is 0.539. The van der Waals surface area contributed by atoms with Gasteiger partial charge in [-0.3, -0.25) is 4.99 Å². The summed E-state index contributed by atoms with van der Waals surface area (Å²) < 4.78 is 0. The number of amides is 2. The van der Waals surface area contributed by atoms with Gasteiger partial charge in [0.15, 0.2) is 5.96 Å². The van der Waals surface area contributed by atoms with E-state index in [0.29, 0.717) is 24.5 Å². The number of carbonyl (C=O) groups is 1. The standard InChI is InChI=1S/C20H31N5O/c1-2-22-19(24-17-8-12-25(13-9-17)18(21)26)23-15-20(10-11-20)14-16-6-4-3-5-7-16/h3-7,17H,2,8-15H2,1H3,(H2,21,26)(H2,22,23,24). The molecule has 1 heterocycles. The van der Waals surface area contributed by atoms with E-state index in [1.165, 1.54) is 18.4 Å². The normalized spacial score (nSPS) is 19.9. The van der Waals surface area contributed by atoms with E-state index in [1.807, 2.05) is 0 Å². The number of urea groups is 1. The van der Waals surface area contributed by atoms with Crippen molar-refractivity contribution in [1.82, 2.24) is 15.5 Å². The second-order valence-electron chi connectivity index (χ2n) is 7.60. The molecule has 0 bridgehead atoms. The predicted molar refractivity (Wildman–Crippen MR) is 105 cm³/mol. The lowest BCUT2D eigenvalue weighted by Gasteiger charge is -2.32. The molecule has 6 heteroatoms. The van der Waals surface area contributed by atoms with Gasteiger partial charge in [-0.1, -0.05) is 30.3 Å². The average Bonchev–Trinajstić information content (AvgIpc) is 3.41. The maximum Gasteiger partial charge on any atom is 0.314 e. The van der Waals surface area contributed by atoms with E-state index in [4.69, 9.17) is 10.7 Å². The van der Waals surface area contributed by atoms with Crippen LogP contribution in [0.5, 0.6) is 0 Å². The maximum absolute atomic E-state index is 11.2. The number of hydrogen-bond acceptors (Lipinski definition) is 2. The highest BCUT2D eigenvalue weighted by Gasteiger charge is 2.42. The average molecular weight is 358 g/mol. The zero-order chi connectivity index (χ0) is 18.4. The van der Waals surface area contributed by atoms with Crippen LogP contribution in [0.15, 0.2) is 35.3 Å². The first-order valence-electron chi connectivity index (χ1n) is 9.73. The lowest BCUT2D eigenvalue weighted by atomic mass is 9.97. The predicted octanol–water partition coefficient (Wildman–Crippen LogP) is 2.11. The molecule has 2 aliphatic rings. The van der Waals surface area contributed by atoms with Crippen molar-refractivity contribution in [3.05, 3.63) is 35.9 Å². The summed E-state index contributed by atoms with van der Waals surface area (Å²) in [5.41, 5.74) is 7.09. The molecule has 1 saturated carbocycles. The number of hydrogen-bond donors (Lipinski definition) is 3. The van der Waals surface area contributed by atoms with Gasteiger partial charge >= 0.3 is 6.03 Å². The van der Waals surface area contributed by atoms with E-state index in [1.54, 1.807) is 4.90 Å². The van der Waals surface area contributed by atoms with Crippen LogP contribution in [-0.4, -0.2) is 49.1 Å². The molecule has 1 aromatic rings. The second kappa shape index (κ2) is 8.43. The SMILES string of the molecule is CCNC(=NCC1(Cc2ccccc2)CC1)NC1CCN(C(N)=O)CC1. The van der Waals surface area contributed by atoms with Crippen LogP contribution < -0.4 is 16.4 Å². The number of nitrogens with zero attached hydrogens (tertiary/aromatic N) is 2. The maximum atomic E-state index is 11.2. The van der Waals surface area contributed by atoms with Gasteiger partial charge in [0.1, 0.15) is 0 Å². The molecule has 6 nitrogen and oxygen atoms in total. The van der Waals surface area contributed by atoms with Crippen molar-refractivity contribution in [1.29, 1.82) is 0 Å². The van der Waals surface area contributed by atoms with Gasteiger partial charge in [-0.15, -0.1) is 0 Å². The minimum atomic E-state index is -0.319. The minimum absolute atomic E-state index is 0.319. The van der Waals surface area contributed by atoms with Gasteiger partial charge in [0.2, 0.25) is 0 Å². The molecule has 4 N–H and O–H groups in total. The van der Waals surface area contributed by atoms with Crippen LogP contribution in [0.4, 0.5) is 4.79 Å². The Balaban J connectivity index is 1.53. The number of nitrogens with one attached hydrogen (secondary N) is 2. The Labute approximate surface area is 156 Å². The van der Waals surface area contributed by atoms with Crippen LogP contribution in [0.1, 0.15) is 38.2 Å². The van der Waals surface area contributed by atoms with E-state index in [-0.39, 0.29) is 6.03 Å². The molecule has 0 spiro atoms. The molecule has 0 unspecified atom stereocenters. The van der Waals surface area contributed by atoms with E-state index < -0.39 is 0 Å². The highest BCUT2D eigenvalue weighted by Crippen LogP contribution is 2.48. The number of aliphatic imine (C=N–C) groups is 1. The second-order valence-corrected chi connectivity index (χ2v) is 7.60. The first-order chi connectivity index (χ1) is 12.6. The largest absolute Gasteiger partial charge is 0.357 e. The number of primary amides is 1. The summed E-state index contributed by atoms with van der Waals surface area (Å²) in [4.78, 5) is 17.8. The zero-order valence-electron chi connectivity index (χ0n) is 15.7. The Hall–Kier alpha value is -2.24. The van der Waals surface area contributed by atoms with E-state index in [0.717, 1.165) is 38.3 Å². The number of carbonyl (C=O) groups excluding carboxylic acids is 1. The van der Waals surface area contributed by atoms with Crippen LogP contribution in [0, 0.1) is 5.41 Å². The molecule has 1 saturated heterocycles. The zero-order valence-corrected chi connectivity index (χ0v) is 15.7. The highest BCUT2D eigenvalue weighted by atomic mass is 16.2. The third-order valence-corrected chi connectivity index (χ3v) is 5.44. The van der Waals surface area contributed by atoms with Crippen molar-refractivity contribution in [3.63, 3.8) is 0 Å². The van der Waals surface area contributed by atoms with E-state index >= 15 is 0 Å². The number of piperidine rings is 1. The summed E-state index contributed by atoms with van der Waals surface area (Å²) in [6.07, 6.45) is 5.42. The molecule has 0 atom stereocenters. The fourth-order valence-corrected chi connectivity index (χ4v) is 3.60. The monoisotopic (exact) mass is 357 g/mol. The Kier molecular flexibility index (Phi) is 6.01. The van der Waals surface area contributed by atoms with Gasteiger partial charge in [-0.25, -0.2) is 4.79 Å². The number of likely N-dealkylation sites (tertiary alicyclic amines) is 1. The van der Waals surface area contributed by atoms with Gasteiger partial charge in [0.05, 0.1) is 0 Å². The Morgan fingerprint density at radius 1 is 1.27 bits per heavy atom. The van der Waals surface area contributed by atoms with Gasteiger partial charge < -0.3 is 21.3 Å². The smallest absolute Gasteiger partial charge is 0.314 e. The summed E-state index contributed by atoms with van der Waals surface area (Å²) >= 11 is 0. The molecule has 1 aromatic carbocycles. The summed E-state index contributed by atoms with van der Waals surface area (Å²) in [5, 5.41) is 6.90. The topological polar surface area (TPSA) is 82.8 Å². The van der Waals surface area contributed by atoms with Crippen LogP contribution in [-0.2, 0) is 6.42 Å². The fraction of sp³-hybridized carbons (Fsp3) is 0.600. The molecule has 142 valence electrons. The minimum Gasteiger partial charge on any atom is -0.357 e. The van der Waals surface area contributed by atoms with Crippen LogP contribution in [0.25, 0.3) is 0 Å². The molecule has 2 amide bonds. The lowest BCUT2D eigenvalue weighted by molar-refractivity contribution is 0.188. The van der Waals surface area contributed by atoms with Crippen molar-refractivity contribution in [3.8, 4) is 0 Å². The molecule has 2 fully saturated rings. The van der Waals surface area contributed by atoms with E-state index in [9.17, 15) is 4.79 Å². The summed E-state index contributed by atoms with van der Waals surface area (Å²) in [6.45, 7) is 5.22. The van der Waals surface area contributed by atoms with Crippen molar-refractivity contribution in [2.24, 2.45) is 16.1 Å². The van der Waals surface area contributed by atoms with Crippen molar-refractivity contribution in [2.75, 3.05) is 26.2 Å². The van der Waals surface area contributed by atoms with Crippen LogP contribution >= 0.6 is 0 Å². The van der Waals surface area contributed by atoms with Crippen molar-refractivity contribution >= 4 is 12.0 Å². The van der Waals surface area contributed by atoms with Gasteiger partial charge in [0, 0.05) is 32.2 Å². The third kappa shape index (κ3) is 5.13. The number of guanidine groups is 1. The summed E-state index contributed by atoms with van der Waals surface area (Å²) in [5.74, 6) is 0.893. The van der Waals surface area contributed by atoms with Crippen LogP contribution in [0.3, 0.4) is 0 Å². The third-order valence-electron chi connectivity index (χ3n) is 5.44. The molecular formula is C20H31N5O. The fourth-order valence-electron chi connectivity index (χ4n) is 3.60.